The van der Waals surface area contributed by atoms with Crippen molar-refractivity contribution in [2.75, 3.05) is 13.7 Å². The van der Waals surface area contributed by atoms with Crippen LogP contribution in [0.3, 0.4) is 0 Å². The predicted octanol–water partition coefficient (Wildman–Crippen LogP) is 1.24. The summed E-state index contributed by atoms with van der Waals surface area (Å²) in [6.45, 7) is 5.94. The quantitative estimate of drug-likeness (QED) is 0.744. The second kappa shape index (κ2) is 7.68. The summed E-state index contributed by atoms with van der Waals surface area (Å²) < 4.78 is 4.56. The second-order valence-corrected chi connectivity index (χ2v) is 4.67. The van der Waals surface area contributed by atoms with E-state index >= 15 is 0 Å². The molecule has 0 radical (unpaired) electrons. The minimum atomic E-state index is -0.437. The fourth-order valence-corrected chi connectivity index (χ4v) is 1.42. The van der Waals surface area contributed by atoms with Crippen LogP contribution in [0.25, 0.3) is 0 Å². The Balaban J connectivity index is 0. The molecule has 0 bridgehead atoms. The summed E-state index contributed by atoms with van der Waals surface area (Å²) in [7, 11) is 1.32. The Morgan fingerprint density at radius 3 is 2.12 bits per heavy atom. The standard InChI is InChI=1S/C11H21NO3.H2S/c1-11(2,3)10(14)8(5-6-12)7-9(13)15-4;/h8H,5-7,12H2,1-4H3;1H2/t8-;/m1./s1. The van der Waals surface area contributed by atoms with Crippen LogP contribution in [0.5, 0.6) is 0 Å². The number of esters is 1. The third kappa shape index (κ3) is 6.12. The molecule has 0 aliphatic carbocycles. The summed E-state index contributed by atoms with van der Waals surface area (Å²) >= 11 is 0. The summed E-state index contributed by atoms with van der Waals surface area (Å²) in [5.41, 5.74) is 4.99. The molecule has 1 atom stereocenters. The molecule has 0 aromatic carbocycles. The first-order chi connectivity index (χ1) is 6.82. The maximum Gasteiger partial charge on any atom is 0.306 e. The van der Waals surface area contributed by atoms with Crippen LogP contribution in [0.4, 0.5) is 0 Å². The monoisotopic (exact) mass is 249 g/mol. The zero-order valence-electron chi connectivity index (χ0n) is 10.5. The van der Waals surface area contributed by atoms with Crippen molar-refractivity contribution in [1.82, 2.24) is 0 Å². The molecule has 4 nitrogen and oxygen atoms in total. The van der Waals surface area contributed by atoms with Gasteiger partial charge in [-0.25, -0.2) is 0 Å². The number of hydrogen-bond acceptors (Lipinski definition) is 4. The van der Waals surface area contributed by atoms with Crippen molar-refractivity contribution >= 4 is 25.2 Å². The van der Waals surface area contributed by atoms with Crippen molar-refractivity contribution in [3.05, 3.63) is 0 Å². The number of ketones is 1. The lowest BCUT2D eigenvalue weighted by Crippen LogP contribution is -2.31. The van der Waals surface area contributed by atoms with Crippen LogP contribution >= 0.6 is 13.5 Å². The topological polar surface area (TPSA) is 69.4 Å². The van der Waals surface area contributed by atoms with Crippen molar-refractivity contribution < 1.29 is 14.3 Å². The van der Waals surface area contributed by atoms with E-state index in [0.29, 0.717) is 13.0 Å². The summed E-state index contributed by atoms with van der Waals surface area (Å²) in [4.78, 5) is 23.1. The first-order valence-corrected chi connectivity index (χ1v) is 5.14. The van der Waals surface area contributed by atoms with Gasteiger partial charge in [0.1, 0.15) is 5.78 Å². The van der Waals surface area contributed by atoms with Crippen LogP contribution in [-0.2, 0) is 14.3 Å². The molecule has 0 rings (SSSR count). The van der Waals surface area contributed by atoms with Gasteiger partial charge in [0.2, 0.25) is 0 Å². The largest absolute Gasteiger partial charge is 0.469 e. The number of carbonyl (C=O) groups is 2. The van der Waals surface area contributed by atoms with E-state index in [1.54, 1.807) is 0 Å². The van der Waals surface area contributed by atoms with Crippen LogP contribution in [0.2, 0.25) is 0 Å². The lowest BCUT2D eigenvalue weighted by atomic mass is 9.80. The fraction of sp³-hybridized carbons (Fsp3) is 0.818. The molecular formula is C11H23NO3S. The van der Waals surface area contributed by atoms with E-state index in [1.165, 1.54) is 7.11 Å². The molecule has 0 spiro atoms. The Labute approximate surface area is 104 Å². The first-order valence-electron chi connectivity index (χ1n) is 5.14. The molecule has 0 unspecified atom stereocenters. The van der Waals surface area contributed by atoms with E-state index in [1.807, 2.05) is 20.8 Å². The van der Waals surface area contributed by atoms with Gasteiger partial charge < -0.3 is 10.5 Å². The molecule has 2 N–H and O–H groups in total. The average molecular weight is 249 g/mol. The van der Waals surface area contributed by atoms with E-state index in [0.717, 1.165) is 0 Å². The highest BCUT2D eigenvalue weighted by atomic mass is 32.1. The number of nitrogens with two attached hydrogens (primary N) is 1. The number of methoxy groups -OCH3 is 1. The van der Waals surface area contributed by atoms with Gasteiger partial charge in [-0.1, -0.05) is 20.8 Å². The first kappa shape index (κ1) is 17.8. The zero-order chi connectivity index (χ0) is 12.1. The maximum absolute atomic E-state index is 11.9. The Kier molecular flexibility index (Phi) is 8.56. The number of hydrogen-bond donors (Lipinski definition) is 1. The minimum Gasteiger partial charge on any atom is -0.469 e. The normalized spacial score (nSPS) is 12.6. The molecule has 16 heavy (non-hydrogen) atoms. The number of rotatable bonds is 5. The van der Waals surface area contributed by atoms with E-state index in [9.17, 15) is 9.59 Å². The van der Waals surface area contributed by atoms with Crippen LogP contribution in [0.15, 0.2) is 0 Å². The van der Waals surface area contributed by atoms with Gasteiger partial charge in [-0.3, -0.25) is 9.59 Å². The Morgan fingerprint density at radius 1 is 1.31 bits per heavy atom. The van der Waals surface area contributed by atoms with Gasteiger partial charge in [0.05, 0.1) is 13.5 Å². The lowest BCUT2D eigenvalue weighted by Gasteiger charge is -2.23. The number of carbonyl (C=O) groups excluding carboxylic acids is 2. The van der Waals surface area contributed by atoms with Crippen LogP contribution in [0, 0.1) is 11.3 Å². The predicted molar refractivity (Wildman–Crippen MR) is 68.6 cm³/mol. The molecule has 5 heteroatoms. The fourth-order valence-electron chi connectivity index (χ4n) is 1.42. The van der Waals surface area contributed by atoms with Crippen molar-refractivity contribution in [3.8, 4) is 0 Å². The van der Waals surface area contributed by atoms with Crippen molar-refractivity contribution in [1.29, 1.82) is 0 Å². The highest BCUT2D eigenvalue weighted by molar-refractivity contribution is 7.59. The zero-order valence-corrected chi connectivity index (χ0v) is 11.5. The Bertz CT molecular complexity index is 236. The van der Waals surface area contributed by atoms with Gasteiger partial charge in [-0.2, -0.15) is 13.5 Å². The van der Waals surface area contributed by atoms with Crippen LogP contribution < -0.4 is 5.73 Å². The third-order valence-electron chi connectivity index (χ3n) is 2.27. The highest BCUT2D eigenvalue weighted by Gasteiger charge is 2.30. The van der Waals surface area contributed by atoms with Crippen molar-refractivity contribution in [2.45, 2.75) is 33.6 Å². The van der Waals surface area contributed by atoms with Gasteiger partial charge in [-0.15, -0.1) is 0 Å². The van der Waals surface area contributed by atoms with E-state index in [-0.39, 0.29) is 37.6 Å². The van der Waals surface area contributed by atoms with Crippen molar-refractivity contribution in [2.24, 2.45) is 17.1 Å². The maximum atomic E-state index is 11.9. The van der Waals surface area contributed by atoms with E-state index < -0.39 is 5.41 Å². The average Bonchev–Trinajstić information content (AvgIpc) is 2.14. The molecule has 0 heterocycles. The molecule has 0 saturated heterocycles. The molecule has 0 saturated carbocycles. The summed E-state index contributed by atoms with van der Waals surface area (Å²) in [6.07, 6.45) is 0.662. The minimum absolute atomic E-state index is 0. The van der Waals surface area contributed by atoms with Crippen LogP contribution in [-0.4, -0.2) is 25.4 Å². The SMILES string of the molecule is COC(=O)C[C@@H](CCN)C(=O)C(C)(C)C.S. The Morgan fingerprint density at radius 2 is 1.81 bits per heavy atom. The molecule has 0 aliphatic rings. The summed E-state index contributed by atoms with van der Waals surface area (Å²) in [6, 6.07) is 0. The molecule has 0 aromatic heterocycles. The van der Waals surface area contributed by atoms with Gasteiger partial charge >= 0.3 is 5.97 Å². The van der Waals surface area contributed by atoms with E-state index in [2.05, 4.69) is 4.74 Å². The molecular weight excluding hydrogens is 226 g/mol. The van der Waals surface area contributed by atoms with Gasteiger partial charge in [-0.05, 0) is 13.0 Å². The molecule has 0 aliphatic heterocycles. The molecule has 96 valence electrons. The van der Waals surface area contributed by atoms with E-state index in [4.69, 9.17) is 5.73 Å². The molecule has 0 fully saturated rings. The van der Waals surface area contributed by atoms with Gasteiger partial charge in [0.15, 0.2) is 0 Å². The highest BCUT2D eigenvalue weighted by Crippen LogP contribution is 2.24. The summed E-state index contributed by atoms with van der Waals surface area (Å²) in [5, 5.41) is 0. The smallest absolute Gasteiger partial charge is 0.306 e. The van der Waals surface area contributed by atoms with Gasteiger partial charge in [0, 0.05) is 11.3 Å². The second-order valence-electron chi connectivity index (χ2n) is 4.67. The number of Topliss-reactive ketones (excluding diaryl/α,β-unsaturated/α-hetero) is 1. The van der Waals surface area contributed by atoms with Crippen molar-refractivity contribution in [3.63, 3.8) is 0 Å². The molecule has 0 aromatic rings. The summed E-state index contributed by atoms with van der Waals surface area (Å²) in [5.74, 6) is -0.605. The Hall–Kier alpha value is -0.550. The third-order valence-corrected chi connectivity index (χ3v) is 2.27. The lowest BCUT2D eigenvalue weighted by molar-refractivity contribution is -0.145. The number of ether oxygens (including phenoxy) is 1. The van der Waals surface area contributed by atoms with Gasteiger partial charge in [0.25, 0.3) is 0 Å². The van der Waals surface area contributed by atoms with Crippen LogP contribution in [0.1, 0.15) is 33.6 Å². The molecule has 0 amide bonds.